The molecule has 5 nitrogen and oxygen atoms in total. The number of aliphatic hydroxyl groups excluding tert-OH is 1. The van der Waals surface area contributed by atoms with Gasteiger partial charge in [-0.15, -0.1) is 0 Å². The van der Waals surface area contributed by atoms with Gasteiger partial charge in [0.25, 0.3) is 0 Å². The highest BCUT2D eigenvalue weighted by Gasteiger charge is 2.46. The van der Waals surface area contributed by atoms with Gasteiger partial charge in [0.2, 0.25) is 0 Å². The lowest BCUT2D eigenvalue weighted by atomic mass is 9.84. The summed E-state index contributed by atoms with van der Waals surface area (Å²) >= 11 is 0. The minimum atomic E-state index is -0.376. The molecule has 0 amide bonds. The fraction of sp³-hybridized carbons (Fsp3) is 0.724. The van der Waals surface area contributed by atoms with Crippen molar-refractivity contribution < 1.29 is 24.1 Å². The van der Waals surface area contributed by atoms with Crippen LogP contribution in [-0.4, -0.2) is 49.2 Å². The molecule has 0 spiro atoms. The smallest absolute Gasteiger partial charge is 0.164 e. The first kappa shape index (κ1) is 24.5. The predicted molar refractivity (Wildman–Crippen MR) is 131 cm³/mol. The molecular weight excluding hydrogens is 428 g/mol. The van der Waals surface area contributed by atoms with E-state index in [1.165, 1.54) is 18.4 Å². The van der Waals surface area contributed by atoms with Gasteiger partial charge in [-0.05, 0) is 56.4 Å². The van der Waals surface area contributed by atoms with Crippen LogP contribution in [-0.2, 0) is 18.9 Å². The summed E-state index contributed by atoms with van der Waals surface area (Å²) in [4.78, 5) is 0. The third-order valence-electron chi connectivity index (χ3n) is 8.61. The van der Waals surface area contributed by atoms with Crippen LogP contribution in [0.25, 0.3) is 0 Å². The molecule has 1 N–H and O–H groups in total. The minimum absolute atomic E-state index is 0.0211. The Labute approximate surface area is 204 Å². The average Bonchev–Trinajstić information content (AvgIpc) is 3.49. The zero-order chi connectivity index (χ0) is 23.7. The molecular formula is C29H42O5. The second-order valence-electron chi connectivity index (χ2n) is 11.1. The van der Waals surface area contributed by atoms with Crippen molar-refractivity contribution in [3.05, 3.63) is 48.0 Å². The highest BCUT2D eigenvalue weighted by molar-refractivity contribution is 5.19. The first-order valence-electron chi connectivity index (χ1n) is 13.5. The normalized spacial score (nSPS) is 41.5. The summed E-state index contributed by atoms with van der Waals surface area (Å²) in [7, 11) is 0. The summed E-state index contributed by atoms with van der Waals surface area (Å²) in [5, 5.41) is 10.1. The van der Waals surface area contributed by atoms with E-state index in [-0.39, 0.29) is 42.7 Å². The first-order valence-corrected chi connectivity index (χ1v) is 13.5. The number of fused-ring (bicyclic) bond motifs is 2. The van der Waals surface area contributed by atoms with Crippen LogP contribution in [0.5, 0.6) is 0 Å². The molecule has 2 aliphatic heterocycles. The zero-order valence-electron chi connectivity index (χ0n) is 20.9. The molecule has 2 bridgehead atoms. The second kappa shape index (κ2) is 10.8. The lowest BCUT2D eigenvalue weighted by molar-refractivity contribution is -0.280. The molecule has 188 valence electrons. The molecule has 2 aliphatic carbocycles. The van der Waals surface area contributed by atoms with Gasteiger partial charge in [-0.3, -0.25) is 0 Å². The zero-order valence-corrected chi connectivity index (χ0v) is 20.9. The van der Waals surface area contributed by atoms with Crippen LogP contribution in [0.15, 0.2) is 42.5 Å². The monoisotopic (exact) mass is 470 g/mol. The Morgan fingerprint density at radius 1 is 0.941 bits per heavy atom. The van der Waals surface area contributed by atoms with Gasteiger partial charge in [0.05, 0.1) is 31.5 Å². The van der Waals surface area contributed by atoms with Crippen molar-refractivity contribution in [2.75, 3.05) is 13.2 Å². The maximum atomic E-state index is 10.1. The molecule has 11 atom stereocenters. The molecule has 5 rings (SSSR count). The fourth-order valence-electron chi connectivity index (χ4n) is 6.69. The van der Waals surface area contributed by atoms with Gasteiger partial charge < -0.3 is 24.1 Å². The minimum Gasteiger partial charge on any atom is -0.393 e. The van der Waals surface area contributed by atoms with Crippen LogP contribution in [0.3, 0.4) is 0 Å². The molecule has 4 aliphatic rings. The molecule has 34 heavy (non-hydrogen) atoms. The van der Waals surface area contributed by atoms with Crippen LogP contribution in [0, 0.1) is 29.6 Å². The van der Waals surface area contributed by atoms with Crippen molar-refractivity contribution in [3.8, 4) is 0 Å². The number of aliphatic hydroxyl groups is 1. The van der Waals surface area contributed by atoms with E-state index < -0.39 is 0 Å². The fourth-order valence-corrected chi connectivity index (χ4v) is 6.69. The first-order chi connectivity index (χ1) is 16.5. The number of allylic oxidation sites excluding steroid dienone is 2. The highest BCUT2D eigenvalue weighted by Crippen LogP contribution is 2.47. The van der Waals surface area contributed by atoms with Crippen molar-refractivity contribution in [1.29, 1.82) is 0 Å². The van der Waals surface area contributed by atoms with Crippen LogP contribution >= 0.6 is 0 Å². The third kappa shape index (κ3) is 5.29. The lowest BCUT2D eigenvalue weighted by Gasteiger charge is -2.44. The summed E-state index contributed by atoms with van der Waals surface area (Å²) in [6.07, 6.45) is 9.24. The van der Waals surface area contributed by atoms with Crippen LogP contribution in [0.2, 0.25) is 0 Å². The summed E-state index contributed by atoms with van der Waals surface area (Å²) in [5.41, 5.74) is 1.22. The van der Waals surface area contributed by atoms with Gasteiger partial charge in [0.1, 0.15) is 0 Å². The van der Waals surface area contributed by atoms with Crippen molar-refractivity contribution in [3.63, 3.8) is 0 Å². The predicted octanol–water partition coefficient (Wildman–Crippen LogP) is 5.29. The number of benzene rings is 1. The summed E-state index contributed by atoms with van der Waals surface area (Å²) in [6, 6.07) is 10.4. The largest absolute Gasteiger partial charge is 0.393 e. The molecule has 1 saturated carbocycles. The maximum Gasteiger partial charge on any atom is 0.164 e. The van der Waals surface area contributed by atoms with Crippen molar-refractivity contribution in [1.82, 2.24) is 0 Å². The van der Waals surface area contributed by atoms with E-state index in [1.54, 1.807) is 0 Å². The van der Waals surface area contributed by atoms with Gasteiger partial charge in [-0.25, -0.2) is 0 Å². The van der Waals surface area contributed by atoms with Gasteiger partial charge in [-0.2, -0.15) is 0 Å². The van der Waals surface area contributed by atoms with Gasteiger partial charge >= 0.3 is 0 Å². The molecule has 11 unspecified atom stereocenters. The molecule has 2 heterocycles. The average molecular weight is 471 g/mol. The molecule has 3 fully saturated rings. The van der Waals surface area contributed by atoms with E-state index in [1.807, 2.05) is 13.0 Å². The number of ether oxygens (including phenoxy) is 4. The van der Waals surface area contributed by atoms with Crippen LogP contribution in [0.4, 0.5) is 0 Å². The number of hydrogen-bond acceptors (Lipinski definition) is 5. The SMILES string of the molecule is CCC1OC(C2CC3C=CC2C3)OCC1CC1OC(C(C)c2ccccc2)OCC1CC(C)O. The Bertz CT molecular complexity index is 810. The topological polar surface area (TPSA) is 57.2 Å². The Morgan fingerprint density at radius 2 is 1.74 bits per heavy atom. The molecule has 1 aromatic rings. The maximum absolute atomic E-state index is 10.1. The van der Waals surface area contributed by atoms with E-state index >= 15 is 0 Å². The molecule has 2 saturated heterocycles. The molecule has 0 radical (unpaired) electrons. The Balaban J connectivity index is 1.24. The van der Waals surface area contributed by atoms with Crippen LogP contribution in [0.1, 0.15) is 64.4 Å². The van der Waals surface area contributed by atoms with E-state index in [4.69, 9.17) is 18.9 Å². The molecule has 5 heteroatoms. The Hall–Kier alpha value is -1.24. The van der Waals surface area contributed by atoms with E-state index in [2.05, 4.69) is 50.3 Å². The summed E-state index contributed by atoms with van der Waals surface area (Å²) < 4.78 is 25.8. The Kier molecular flexibility index (Phi) is 7.76. The second-order valence-corrected chi connectivity index (χ2v) is 11.1. The van der Waals surface area contributed by atoms with Crippen molar-refractivity contribution in [2.24, 2.45) is 29.6 Å². The Morgan fingerprint density at radius 3 is 2.41 bits per heavy atom. The van der Waals surface area contributed by atoms with Gasteiger partial charge in [-0.1, -0.05) is 56.3 Å². The standard InChI is InChI=1S/C29H42O5/c1-4-26-24(17-32-29(33-26)25-14-20-10-11-22(25)13-20)15-27-23(12-18(2)30)16-31-28(34-27)19(3)21-8-6-5-7-9-21/h5-11,18-20,22-30H,4,12-17H2,1-3H3. The molecule has 1 aromatic carbocycles. The number of rotatable bonds is 8. The van der Waals surface area contributed by atoms with Crippen LogP contribution < -0.4 is 0 Å². The van der Waals surface area contributed by atoms with Gasteiger partial charge in [0, 0.05) is 23.7 Å². The number of hydrogen-bond donors (Lipinski definition) is 1. The van der Waals surface area contributed by atoms with E-state index in [0.29, 0.717) is 30.8 Å². The van der Waals surface area contributed by atoms with E-state index in [0.717, 1.165) is 25.4 Å². The van der Waals surface area contributed by atoms with Crippen molar-refractivity contribution in [2.45, 2.75) is 89.7 Å². The molecule has 0 aromatic heterocycles. The highest BCUT2D eigenvalue weighted by atomic mass is 16.7. The third-order valence-corrected chi connectivity index (χ3v) is 8.61. The summed E-state index contributed by atoms with van der Waals surface area (Å²) in [6.45, 7) is 7.58. The van der Waals surface area contributed by atoms with Crippen molar-refractivity contribution >= 4 is 0 Å². The van der Waals surface area contributed by atoms with Gasteiger partial charge in [0.15, 0.2) is 12.6 Å². The lowest BCUT2D eigenvalue weighted by Crippen LogP contribution is -2.48. The summed E-state index contributed by atoms with van der Waals surface area (Å²) in [5.74, 6) is 2.46. The quantitative estimate of drug-likeness (QED) is 0.523. The van der Waals surface area contributed by atoms with E-state index in [9.17, 15) is 5.11 Å².